The van der Waals surface area contributed by atoms with Crippen LogP contribution in [0.2, 0.25) is 0 Å². The van der Waals surface area contributed by atoms with Crippen molar-refractivity contribution >= 4 is 54.8 Å². The van der Waals surface area contributed by atoms with Gasteiger partial charge in [0.2, 0.25) is 0 Å². The van der Waals surface area contributed by atoms with Crippen LogP contribution in [0.4, 0.5) is 5.69 Å². The molecule has 4 rings (SSSR count). The van der Waals surface area contributed by atoms with Crippen molar-refractivity contribution in [2.75, 3.05) is 25.6 Å². The Morgan fingerprint density at radius 3 is 2.73 bits per heavy atom. The van der Waals surface area contributed by atoms with Crippen molar-refractivity contribution in [3.8, 4) is 17.0 Å². The molecule has 0 saturated heterocycles. The maximum Gasteiger partial charge on any atom is 0.195 e. The molecule has 2 aromatic carbocycles. The summed E-state index contributed by atoms with van der Waals surface area (Å²) in [7, 11) is 4.09. The van der Waals surface area contributed by atoms with Crippen LogP contribution in [0.1, 0.15) is 0 Å². The second kappa shape index (κ2) is 7.28. The molecule has 0 aliphatic rings. The first-order valence-corrected chi connectivity index (χ1v) is 10.3. The molecule has 0 unspecified atom stereocenters. The molecular weight excluding hydrogens is 453 g/mol. The first-order chi connectivity index (χ1) is 12.7. The summed E-state index contributed by atoms with van der Waals surface area (Å²) >= 11 is 3.88. The highest BCUT2D eigenvalue weighted by Gasteiger charge is 2.11. The van der Waals surface area contributed by atoms with Crippen LogP contribution < -0.4 is 9.64 Å². The Morgan fingerprint density at radius 1 is 1.19 bits per heavy atom. The van der Waals surface area contributed by atoms with Crippen molar-refractivity contribution in [3.63, 3.8) is 0 Å². The fourth-order valence-corrected chi connectivity index (χ4v) is 4.07. The minimum atomic E-state index is 0.587. The van der Waals surface area contributed by atoms with E-state index in [-0.39, 0.29) is 0 Å². The summed E-state index contributed by atoms with van der Waals surface area (Å²) in [6.07, 6.45) is 4.10. The molecule has 4 aromatic rings. The molecule has 26 heavy (non-hydrogen) atoms. The number of hydrogen-bond donors (Lipinski definition) is 0. The van der Waals surface area contributed by atoms with Crippen LogP contribution in [0.3, 0.4) is 0 Å². The third-order valence-corrected chi connectivity index (χ3v) is 5.71. The summed E-state index contributed by atoms with van der Waals surface area (Å²) in [6, 6.07) is 14.7. The van der Waals surface area contributed by atoms with Crippen molar-refractivity contribution in [2.24, 2.45) is 0 Å². The standard InChI is InChI=1S/C20H18IN3OS/c1-23(2)15-6-4-14(5-7-15)17-13-24-18-9-8-16(25-11-3-10-21)12-19(18)26-20(24)22-17/h3-10,12-13H,11H2,1-2H3/i21-4. The van der Waals surface area contributed by atoms with Gasteiger partial charge in [0.25, 0.3) is 0 Å². The van der Waals surface area contributed by atoms with Gasteiger partial charge >= 0.3 is 0 Å². The van der Waals surface area contributed by atoms with E-state index in [1.165, 1.54) is 10.4 Å². The fourth-order valence-electron chi connectivity index (χ4n) is 2.82. The molecule has 0 atom stereocenters. The van der Waals surface area contributed by atoms with E-state index in [1.54, 1.807) is 11.3 Å². The maximum atomic E-state index is 5.73. The van der Waals surface area contributed by atoms with Gasteiger partial charge in [0.15, 0.2) is 4.96 Å². The Hall–Kier alpha value is -2.06. The second-order valence-electron chi connectivity index (χ2n) is 6.12. The van der Waals surface area contributed by atoms with Gasteiger partial charge in [-0.05, 0) is 40.5 Å². The molecule has 0 aliphatic carbocycles. The minimum Gasteiger partial charge on any atom is -0.489 e. The number of imidazole rings is 1. The Balaban J connectivity index is 1.67. The number of fused-ring (bicyclic) bond motifs is 3. The predicted molar refractivity (Wildman–Crippen MR) is 119 cm³/mol. The second-order valence-corrected chi connectivity index (χ2v) is 7.85. The van der Waals surface area contributed by atoms with Gasteiger partial charge in [-0.3, -0.25) is 4.40 Å². The molecule has 0 aliphatic heterocycles. The van der Waals surface area contributed by atoms with Crippen molar-refractivity contribution < 1.29 is 4.74 Å². The first kappa shape index (κ1) is 17.4. The average Bonchev–Trinajstić information content (AvgIpc) is 3.19. The van der Waals surface area contributed by atoms with E-state index in [4.69, 9.17) is 9.72 Å². The number of nitrogens with zero attached hydrogens (tertiary/aromatic N) is 3. The summed E-state index contributed by atoms with van der Waals surface area (Å²) in [5.41, 5.74) is 4.47. The largest absolute Gasteiger partial charge is 0.489 e. The Bertz CT molecular complexity index is 1080. The number of halogens is 1. The average molecular weight is 471 g/mol. The molecule has 0 radical (unpaired) electrons. The topological polar surface area (TPSA) is 29.8 Å². The molecule has 2 heterocycles. The molecule has 0 fully saturated rings. The van der Waals surface area contributed by atoms with Crippen molar-refractivity contribution in [1.82, 2.24) is 9.38 Å². The van der Waals surface area contributed by atoms with Gasteiger partial charge in [-0.25, -0.2) is 4.98 Å². The quantitative estimate of drug-likeness (QED) is 0.355. The van der Waals surface area contributed by atoms with Crippen molar-refractivity contribution in [2.45, 2.75) is 0 Å². The zero-order valence-corrected chi connectivity index (χ0v) is 17.5. The number of anilines is 1. The van der Waals surface area contributed by atoms with E-state index in [0.717, 1.165) is 27.5 Å². The summed E-state index contributed by atoms with van der Waals surface area (Å²) in [5, 5.41) is 0. The van der Waals surface area contributed by atoms with Gasteiger partial charge in [-0.15, -0.1) is 0 Å². The highest BCUT2D eigenvalue weighted by atomic mass is 123. The molecule has 0 saturated carbocycles. The normalized spacial score (nSPS) is 11.7. The Kier molecular flexibility index (Phi) is 4.86. The van der Waals surface area contributed by atoms with E-state index in [2.05, 4.69) is 74.5 Å². The SMILES string of the molecule is CN(C)c1ccc(-c2cn3c(n2)sc2cc(OCC=C[123I])ccc23)cc1. The number of ether oxygens (including phenoxy) is 1. The van der Waals surface area contributed by atoms with Crippen LogP contribution in [0.5, 0.6) is 5.75 Å². The number of hydrogen-bond acceptors (Lipinski definition) is 4. The van der Waals surface area contributed by atoms with Crippen LogP contribution in [0.25, 0.3) is 26.4 Å². The number of thiazole rings is 1. The summed E-state index contributed by atoms with van der Waals surface area (Å²) in [5.74, 6) is 0.885. The van der Waals surface area contributed by atoms with Crippen LogP contribution in [0, 0.1) is 0 Å². The third kappa shape index (κ3) is 3.31. The van der Waals surface area contributed by atoms with Crippen LogP contribution in [-0.4, -0.2) is 30.1 Å². The highest BCUT2D eigenvalue weighted by molar-refractivity contribution is 14.1. The lowest BCUT2D eigenvalue weighted by molar-refractivity contribution is 0.364. The number of rotatable bonds is 5. The summed E-state index contributed by atoms with van der Waals surface area (Å²) in [6.45, 7) is 0.587. The zero-order chi connectivity index (χ0) is 18.1. The fraction of sp³-hybridized carbons (Fsp3) is 0.150. The van der Waals surface area contributed by atoms with Crippen molar-refractivity contribution in [3.05, 3.63) is 58.8 Å². The van der Waals surface area contributed by atoms with Crippen LogP contribution in [-0.2, 0) is 0 Å². The molecule has 6 heteroatoms. The lowest BCUT2D eigenvalue weighted by atomic mass is 10.1. The van der Waals surface area contributed by atoms with Gasteiger partial charge in [0.1, 0.15) is 12.4 Å². The number of aromatic nitrogens is 2. The molecular formula is C20H18IN3OS. The van der Waals surface area contributed by atoms with E-state index in [1.807, 2.05) is 30.3 Å². The van der Waals surface area contributed by atoms with Crippen LogP contribution >= 0.6 is 33.9 Å². The van der Waals surface area contributed by atoms with Gasteiger partial charge in [-0.1, -0.05) is 46.1 Å². The Labute approximate surface area is 169 Å². The molecule has 0 amide bonds. The molecule has 132 valence electrons. The lowest BCUT2D eigenvalue weighted by Gasteiger charge is -2.12. The summed E-state index contributed by atoms with van der Waals surface area (Å²) in [4.78, 5) is 7.91. The Morgan fingerprint density at radius 2 is 2.00 bits per heavy atom. The van der Waals surface area contributed by atoms with Crippen molar-refractivity contribution in [1.29, 1.82) is 0 Å². The van der Waals surface area contributed by atoms with Gasteiger partial charge < -0.3 is 9.64 Å². The lowest BCUT2D eigenvalue weighted by Crippen LogP contribution is -2.07. The smallest absolute Gasteiger partial charge is 0.195 e. The first-order valence-electron chi connectivity index (χ1n) is 8.23. The van der Waals surface area contributed by atoms with Crippen LogP contribution in [0.15, 0.2) is 58.8 Å². The van der Waals surface area contributed by atoms with Gasteiger partial charge in [-0.2, -0.15) is 0 Å². The van der Waals surface area contributed by atoms with Gasteiger partial charge in [0.05, 0.1) is 15.9 Å². The zero-order valence-electron chi connectivity index (χ0n) is 14.5. The molecule has 2 aromatic heterocycles. The van der Waals surface area contributed by atoms with E-state index >= 15 is 0 Å². The summed E-state index contributed by atoms with van der Waals surface area (Å²) < 4.78 is 11.0. The van der Waals surface area contributed by atoms with E-state index in [0.29, 0.717) is 6.61 Å². The van der Waals surface area contributed by atoms with E-state index < -0.39 is 0 Å². The molecule has 0 bridgehead atoms. The molecule has 0 spiro atoms. The maximum absolute atomic E-state index is 5.73. The monoisotopic (exact) mass is 471 g/mol. The van der Waals surface area contributed by atoms with Gasteiger partial charge in [0, 0.05) is 31.5 Å². The predicted octanol–water partition coefficient (Wildman–Crippen LogP) is 5.61. The molecule has 0 N–H and O–H groups in total. The third-order valence-electron chi connectivity index (χ3n) is 4.18. The molecule has 4 nitrogen and oxygen atoms in total. The number of benzene rings is 2. The minimum absolute atomic E-state index is 0.587. The van der Waals surface area contributed by atoms with E-state index in [9.17, 15) is 0 Å². The highest BCUT2D eigenvalue weighted by Crippen LogP contribution is 2.32.